The number of carboxylic acid groups (broad SMARTS) is 1. The van der Waals surface area contributed by atoms with Crippen molar-refractivity contribution in [3.8, 4) is 0 Å². The average Bonchev–Trinajstić information content (AvgIpc) is 2.17. The zero-order valence-corrected chi connectivity index (χ0v) is 10.8. The van der Waals surface area contributed by atoms with Crippen molar-refractivity contribution in [1.29, 1.82) is 0 Å². The van der Waals surface area contributed by atoms with Gasteiger partial charge in [-0.25, -0.2) is 17.9 Å². The highest BCUT2D eigenvalue weighted by Gasteiger charge is 2.16. The van der Waals surface area contributed by atoms with Crippen LogP contribution in [0.4, 0.5) is 0 Å². The summed E-state index contributed by atoms with van der Waals surface area (Å²) in [7, 11) is -3.62. The summed E-state index contributed by atoms with van der Waals surface area (Å²) >= 11 is 3.04. The van der Waals surface area contributed by atoms with E-state index in [1.807, 2.05) is 0 Å². The number of carbonyl (C=O) groups is 1. The number of halogens is 1. The monoisotopic (exact) mass is 307 g/mol. The van der Waals surface area contributed by atoms with Crippen LogP contribution in [0.2, 0.25) is 0 Å². The first-order valence-electron chi connectivity index (χ1n) is 4.41. The van der Waals surface area contributed by atoms with Gasteiger partial charge in [0.1, 0.15) is 0 Å². The van der Waals surface area contributed by atoms with Crippen molar-refractivity contribution in [2.45, 2.75) is 11.8 Å². The lowest BCUT2D eigenvalue weighted by atomic mass is 10.2. The third-order valence-electron chi connectivity index (χ3n) is 1.81. The van der Waals surface area contributed by atoms with E-state index in [1.54, 1.807) is 6.92 Å². The van der Waals surface area contributed by atoms with Gasteiger partial charge in [0.15, 0.2) is 0 Å². The van der Waals surface area contributed by atoms with Crippen LogP contribution in [0.3, 0.4) is 0 Å². The van der Waals surface area contributed by atoms with Gasteiger partial charge in [0, 0.05) is 11.0 Å². The smallest absolute Gasteiger partial charge is 0.336 e. The second-order valence-electron chi connectivity index (χ2n) is 2.95. The zero-order chi connectivity index (χ0) is 12.3. The maximum atomic E-state index is 11.6. The molecule has 0 saturated heterocycles. The van der Waals surface area contributed by atoms with Crippen LogP contribution >= 0.6 is 15.9 Å². The predicted molar refractivity (Wildman–Crippen MR) is 62.0 cm³/mol. The first kappa shape index (κ1) is 13.1. The minimum Gasteiger partial charge on any atom is -0.478 e. The Hall–Kier alpha value is -0.920. The van der Waals surface area contributed by atoms with Gasteiger partial charge in [-0.3, -0.25) is 0 Å². The highest BCUT2D eigenvalue weighted by atomic mass is 79.9. The molecule has 0 heterocycles. The van der Waals surface area contributed by atoms with Gasteiger partial charge in [0.2, 0.25) is 10.0 Å². The van der Waals surface area contributed by atoms with Crippen LogP contribution in [0, 0.1) is 0 Å². The van der Waals surface area contributed by atoms with Gasteiger partial charge < -0.3 is 5.11 Å². The Morgan fingerprint density at radius 2 is 2.12 bits per heavy atom. The summed E-state index contributed by atoms with van der Waals surface area (Å²) in [6.07, 6.45) is 0. The summed E-state index contributed by atoms with van der Waals surface area (Å²) in [5, 5.41) is 8.84. The lowest BCUT2D eigenvalue weighted by Crippen LogP contribution is -2.23. The van der Waals surface area contributed by atoms with Crippen molar-refractivity contribution >= 4 is 31.9 Å². The summed E-state index contributed by atoms with van der Waals surface area (Å²) in [4.78, 5) is 10.8. The van der Waals surface area contributed by atoms with Gasteiger partial charge in [0.25, 0.3) is 0 Å². The Balaban J connectivity index is 3.28. The summed E-state index contributed by atoms with van der Waals surface area (Å²) in [5.41, 5.74) is -0.0843. The topological polar surface area (TPSA) is 83.5 Å². The second-order valence-corrected chi connectivity index (χ2v) is 5.57. The molecule has 0 unspecified atom stereocenters. The van der Waals surface area contributed by atoms with Gasteiger partial charge in [-0.15, -0.1) is 0 Å². The number of aromatic carboxylic acids is 1. The van der Waals surface area contributed by atoms with E-state index in [0.29, 0.717) is 4.47 Å². The molecule has 7 heteroatoms. The third-order valence-corrected chi connectivity index (χ3v) is 4.05. The summed E-state index contributed by atoms with van der Waals surface area (Å²) in [6, 6.07) is 3.85. The van der Waals surface area contributed by atoms with Crippen molar-refractivity contribution in [1.82, 2.24) is 4.72 Å². The molecule has 1 rings (SSSR count). The molecule has 0 radical (unpaired) electrons. The molecule has 16 heavy (non-hydrogen) atoms. The second kappa shape index (κ2) is 4.94. The Bertz CT molecular complexity index is 512. The summed E-state index contributed by atoms with van der Waals surface area (Å²) in [6.45, 7) is 1.90. The maximum Gasteiger partial charge on any atom is 0.336 e. The van der Waals surface area contributed by atoms with Crippen LogP contribution in [-0.2, 0) is 10.0 Å². The molecule has 1 aromatic rings. The molecule has 0 aliphatic heterocycles. The van der Waals surface area contributed by atoms with E-state index in [0.717, 1.165) is 6.07 Å². The summed E-state index contributed by atoms with van der Waals surface area (Å²) in [5.74, 6) is -1.18. The van der Waals surface area contributed by atoms with Gasteiger partial charge >= 0.3 is 5.97 Å². The highest BCUT2D eigenvalue weighted by Crippen LogP contribution is 2.20. The Morgan fingerprint density at radius 1 is 1.50 bits per heavy atom. The molecular formula is C9H10BrNO4S. The molecule has 0 amide bonds. The predicted octanol–water partition coefficient (Wildman–Crippen LogP) is 1.45. The first-order chi connectivity index (χ1) is 7.38. The van der Waals surface area contributed by atoms with Crippen LogP contribution in [0.15, 0.2) is 27.6 Å². The largest absolute Gasteiger partial charge is 0.478 e. The molecule has 0 saturated carbocycles. The van der Waals surface area contributed by atoms with Gasteiger partial charge in [-0.05, 0) is 34.1 Å². The van der Waals surface area contributed by atoms with E-state index in [-0.39, 0.29) is 17.0 Å². The number of carboxylic acids is 1. The van der Waals surface area contributed by atoms with Crippen LogP contribution in [0.5, 0.6) is 0 Å². The number of rotatable bonds is 4. The fourth-order valence-electron chi connectivity index (χ4n) is 1.11. The van der Waals surface area contributed by atoms with Crippen LogP contribution in [0.1, 0.15) is 17.3 Å². The number of nitrogens with one attached hydrogen (secondary N) is 1. The van der Waals surface area contributed by atoms with E-state index >= 15 is 0 Å². The normalized spacial score (nSPS) is 11.4. The minimum absolute atomic E-state index is 0.0602. The molecular weight excluding hydrogens is 298 g/mol. The quantitative estimate of drug-likeness (QED) is 0.882. The molecule has 2 N–H and O–H groups in total. The van der Waals surface area contributed by atoms with E-state index in [1.165, 1.54) is 12.1 Å². The van der Waals surface area contributed by atoms with Gasteiger partial charge in [-0.1, -0.05) is 6.92 Å². The number of sulfonamides is 1. The van der Waals surface area contributed by atoms with E-state index < -0.39 is 16.0 Å². The van der Waals surface area contributed by atoms with Crippen LogP contribution in [0.25, 0.3) is 0 Å². The molecule has 88 valence electrons. The molecule has 0 bridgehead atoms. The highest BCUT2D eigenvalue weighted by molar-refractivity contribution is 9.10. The molecule has 0 aromatic heterocycles. The fraction of sp³-hybridized carbons (Fsp3) is 0.222. The number of benzene rings is 1. The third kappa shape index (κ3) is 2.81. The maximum absolute atomic E-state index is 11.6. The van der Waals surface area contributed by atoms with Gasteiger partial charge in [-0.2, -0.15) is 0 Å². The Morgan fingerprint density at radius 3 is 2.62 bits per heavy atom. The molecule has 1 aromatic carbocycles. The molecule has 0 aliphatic carbocycles. The lowest BCUT2D eigenvalue weighted by molar-refractivity contribution is 0.0695. The molecule has 0 atom stereocenters. The standard InChI is InChI=1S/C9H10BrNO4S/c1-2-11-16(14,15)6-3-4-8(10)7(5-6)9(12)13/h3-5,11H,2H2,1H3,(H,12,13). The fourth-order valence-corrected chi connectivity index (χ4v) is 2.59. The zero-order valence-electron chi connectivity index (χ0n) is 8.40. The molecule has 0 spiro atoms. The van der Waals surface area contributed by atoms with Crippen LogP contribution < -0.4 is 4.72 Å². The molecule has 0 aliphatic rings. The van der Waals surface area contributed by atoms with E-state index in [9.17, 15) is 13.2 Å². The van der Waals surface area contributed by atoms with Crippen LogP contribution in [-0.4, -0.2) is 26.0 Å². The van der Waals surface area contributed by atoms with Crippen molar-refractivity contribution in [2.75, 3.05) is 6.54 Å². The minimum atomic E-state index is -3.62. The lowest BCUT2D eigenvalue weighted by Gasteiger charge is -2.06. The Kier molecular flexibility index (Phi) is 4.06. The van der Waals surface area contributed by atoms with Crippen molar-refractivity contribution < 1.29 is 18.3 Å². The first-order valence-corrected chi connectivity index (χ1v) is 6.68. The number of hydrogen-bond acceptors (Lipinski definition) is 3. The molecule has 0 fully saturated rings. The van der Waals surface area contributed by atoms with E-state index in [4.69, 9.17) is 5.11 Å². The average molecular weight is 308 g/mol. The van der Waals surface area contributed by atoms with Crippen molar-refractivity contribution in [3.05, 3.63) is 28.2 Å². The summed E-state index contributed by atoms with van der Waals surface area (Å²) < 4.78 is 25.8. The van der Waals surface area contributed by atoms with E-state index in [2.05, 4.69) is 20.7 Å². The van der Waals surface area contributed by atoms with Crippen molar-refractivity contribution in [2.24, 2.45) is 0 Å². The SMILES string of the molecule is CCNS(=O)(=O)c1ccc(Br)c(C(=O)O)c1. The van der Waals surface area contributed by atoms with Crippen molar-refractivity contribution in [3.63, 3.8) is 0 Å². The molecule has 5 nitrogen and oxygen atoms in total. The number of hydrogen-bond donors (Lipinski definition) is 2. The Labute approximate surface area is 102 Å². The van der Waals surface area contributed by atoms with Gasteiger partial charge in [0.05, 0.1) is 10.5 Å².